The molecule has 0 saturated heterocycles. The largest absolute Gasteiger partial charge is 0.504 e. The van der Waals surface area contributed by atoms with Crippen LogP contribution in [-0.2, 0) is 10.4 Å². The molecular weight excluding hydrogens is 252 g/mol. The molecule has 17 heavy (non-hydrogen) atoms. The third-order valence-electron chi connectivity index (χ3n) is 1.59. The van der Waals surface area contributed by atoms with Crippen LogP contribution in [0.2, 0.25) is 0 Å². The first-order valence-electron chi connectivity index (χ1n) is 4.45. The van der Waals surface area contributed by atoms with Crippen LogP contribution in [0.3, 0.4) is 0 Å². The molecule has 0 aliphatic carbocycles. The molecule has 0 bridgehead atoms. The predicted octanol–water partition coefficient (Wildman–Crippen LogP) is 0.982. The highest BCUT2D eigenvalue weighted by Gasteiger charge is 2.20. The monoisotopic (exact) mass is 260 g/mol. The van der Waals surface area contributed by atoms with E-state index in [-0.39, 0.29) is 11.8 Å². The second kappa shape index (κ2) is 4.09. The van der Waals surface area contributed by atoms with Gasteiger partial charge in [-0.15, -0.1) is 8.42 Å². The molecule has 0 radical (unpaired) electrons. The molecular formula is C8H8N2O6S. The highest BCUT2D eigenvalue weighted by molar-refractivity contribution is 7.82. The molecule has 9 heteroatoms. The highest BCUT2D eigenvalue weighted by Crippen LogP contribution is 2.16. The van der Waals surface area contributed by atoms with Crippen LogP contribution in [0.15, 0.2) is 21.2 Å². The Kier molecular flexibility index (Phi) is 2.76. The molecule has 0 fully saturated rings. The molecule has 8 nitrogen and oxygen atoms in total. The van der Waals surface area contributed by atoms with Crippen LogP contribution in [0.1, 0.15) is 11.5 Å². The van der Waals surface area contributed by atoms with Crippen LogP contribution in [0.25, 0.3) is 0 Å². The summed E-state index contributed by atoms with van der Waals surface area (Å²) in [6, 6.07) is 2.60. The summed E-state index contributed by atoms with van der Waals surface area (Å²) in [4.78, 5) is 0. The molecule has 0 aromatic carbocycles. The lowest BCUT2D eigenvalue weighted by atomic mass is 10.5. The number of hydrogen-bond acceptors (Lipinski definition) is 8. The Bertz CT molecular complexity index is 565. The summed E-state index contributed by atoms with van der Waals surface area (Å²) in [5.41, 5.74) is 0. The molecule has 92 valence electrons. The molecule has 0 aliphatic rings. The van der Waals surface area contributed by atoms with E-state index in [1.165, 1.54) is 12.1 Å². The van der Waals surface area contributed by atoms with Crippen molar-refractivity contribution in [2.24, 2.45) is 0 Å². The number of aryl methyl sites for hydroxylation is 2. The highest BCUT2D eigenvalue weighted by atomic mass is 32.3. The van der Waals surface area contributed by atoms with E-state index in [0.717, 1.165) is 0 Å². The SMILES string of the molecule is Cc1cc(OS(=O)(=O)Oc2cc(C)on2)no1. The van der Waals surface area contributed by atoms with Gasteiger partial charge in [-0.05, 0) is 24.2 Å². The topological polar surface area (TPSA) is 105 Å². The maximum absolute atomic E-state index is 11.4. The lowest BCUT2D eigenvalue weighted by Crippen LogP contribution is -2.16. The van der Waals surface area contributed by atoms with Gasteiger partial charge in [0.15, 0.2) is 0 Å². The Labute approximate surface area is 96.4 Å². The van der Waals surface area contributed by atoms with E-state index in [1.54, 1.807) is 13.8 Å². The summed E-state index contributed by atoms with van der Waals surface area (Å²) in [5, 5.41) is 6.70. The second-order valence-electron chi connectivity index (χ2n) is 3.13. The molecule has 0 atom stereocenters. The zero-order chi connectivity index (χ0) is 12.5. The average Bonchev–Trinajstić information content (AvgIpc) is 2.74. The Morgan fingerprint density at radius 3 is 1.71 bits per heavy atom. The van der Waals surface area contributed by atoms with Gasteiger partial charge >= 0.3 is 10.4 Å². The van der Waals surface area contributed by atoms with E-state index >= 15 is 0 Å². The van der Waals surface area contributed by atoms with Crippen LogP contribution in [0, 0.1) is 13.8 Å². The molecule has 2 heterocycles. The van der Waals surface area contributed by atoms with E-state index in [1.807, 2.05) is 0 Å². The van der Waals surface area contributed by atoms with Gasteiger partial charge in [0.2, 0.25) is 0 Å². The fraction of sp³-hybridized carbons (Fsp3) is 0.250. The van der Waals surface area contributed by atoms with Gasteiger partial charge in [0.05, 0.1) is 0 Å². The summed E-state index contributed by atoms with van der Waals surface area (Å²) >= 11 is 0. The van der Waals surface area contributed by atoms with E-state index in [4.69, 9.17) is 0 Å². The smallest absolute Gasteiger partial charge is 0.358 e. The van der Waals surface area contributed by atoms with Crippen molar-refractivity contribution in [2.75, 3.05) is 0 Å². The quantitative estimate of drug-likeness (QED) is 0.801. The molecule has 0 aliphatic heterocycles. The number of rotatable bonds is 4. The van der Waals surface area contributed by atoms with Gasteiger partial charge in [-0.3, -0.25) is 0 Å². The summed E-state index contributed by atoms with van der Waals surface area (Å²) in [7, 11) is -4.31. The van der Waals surface area contributed by atoms with Crippen LogP contribution < -0.4 is 8.37 Å². The van der Waals surface area contributed by atoms with Crippen LogP contribution >= 0.6 is 0 Å². The summed E-state index contributed by atoms with van der Waals surface area (Å²) in [6.45, 7) is 3.18. The van der Waals surface area contributed by atoms with Gasteiger partial charge in [-0.2, -0.15) is 0 Å². The molecule has 2 aromatic rings. The zero-order valence-corrected chi connectivity index (χ0v) is 9.72. The zero-order valence-electron chi connectivity index (χ0n) is 8.91. The Morgan fingerprint density at radius 1 is 1.00 bits per heavy atom. The van der Waals surface area contributed by atoms with E-state index < -0.39 is 10.4 Å². The standard InChI is InChI=1S/C8H8N2O6S/c1-5-3-7(9-13-5)15-17(11,12)16-8-4-6(2)14-10-8/h3-4H,1-2H3. The van der Waals surface area contributed by atoms with Crippen molar-refractivity contribution in [3.05, 3.63) is 23.7 Å². The summed E-state index contributed by atoms with van der Waals surface area (Å²) < 4.78 is 41.0. The molecule has 0 spiro atoms. The summed E-state index contributed by atoms with van der Waals surface area (Å²) in [6.07, 6.45) is 0. The van der Waals surface area contributed by atoms with E-state index in [2.05, 4.69) is 27.7 Å². The van der Waals surface area contributed by atoms with Crippen molar-refractivity contribution in [1.82, 2.24) is 10.3 Å². The van der Waals surface area contributed by atoms with Crippen molar-refractivity contribution < 1.29 is 25.8 Å². The lowest BCUT2D eigenvalue weighted by Gasteiger charge is -2.00. The lowest BCUT2D eigenvalue weighted by molar-refractivity contribution is 0.330. The first-order valence-corrected chi connectivity index (χ1v) is 5.78. The number of hydrogen-bond donors (Lipinski definition) is 0. The molecule has 0 amide bonds. The van der Waals surface area contributed by atoms with Crippen molar-refractivity contribution in [3.63, 3.8) is 0 Å². The van der Waals surface area contributed by atoms with E-state index in [9.17, 15) is 8.42 Å². The minimum Gasteiger partial charge on any atom is -0.358 e. The molecule has 0 unspecified atom stereocenters. The third-order valence-corrected chi connectivity index (χ3v) is 2.34. The first kappa shape index (κ1) is 11.5. The van der Waals surface area contributed by atoms with Crippen molar-refractivity contribution in [3.8, 4) is 11.8 Å². The molecule has 0 saturated carbocycles. The Morgan fingerprint density at radius 2 is 1.41 bits per heavy atom. The van der Waals surface area contributed by atoms with Gasteiger partial charge in [-0.1, -0.05) is 0 Å². The van der Waals surface area contributed by atoms with Crippen LogP contribution in [0.4, 0.5) is 0 Å². The van der Waals surface area contributed by atoms with Crippen molar-refractivity contribution in [2.45, 2.75) is 13.8 Å². The Balaban J connectivity index is 2.09. The number of aromatic nitrogens is 2. The van der Waals surface area contributed by atoms with Gasteiger partial charge < -0.3 is 17.4 Å². The van der Waals surface area contributed by atoms with Crippen molar-refractivity contribution >= 4 is 10.4 Å². The minimum absolute atomic E-state index is 0.220. The van der Waals surface area contributed by atoms with Crippen molar-refractivity contribution in [1.29, 1.82) is 0 Å². The Hall–Kier alpha value is -2.03. The summed E-state index contributed by atoms with van der Waals surface area (Å²) in [5.74, 6) is 0.380. The van der Waals surface area contributed by atoms with Gasteiger partial charge in [0.25, 0.3) is 11.8 Å². The molecule has 0 N–H and O–H groups in total. The molecule has 2 rings (SSSR count). The number of nitrogens with zero attached hydrogens (tertiary/aromatic N) is 2. The van der Waals surface area contributed by atoms with Crippen LogP contribution in [-0.4, -0.2) is 18.7 Å². The third kappa shape index (κ3) is 2.97. The minimum atomic E-state index is -4.31. The van der Waals surface area contributed by atoms with Gasteiger partial charge in [-0.25, -0.2) is 0 Å². The second-order valence-corrected chi connectivity index (χ2v) is 4.28. The normalized spacial score (nSPS) is 11.4. The maximum atomic E-state index is 11.4. The molecule has 2 aromatic heterocycles. The van der Waals surface area contributed by atoms with E-state index in [0.29, 0.717) is 11.5 Å². The fourth-order valence-corrected chi connectivity index (χ4v) is 1.60. The van der Waals surface area contributed by atoms with Crippen LogP contribution in [0.5, 0.6) is 11.8 Å². The van der Waals surface area contributed by atoms with Gasteiger partial charge in [0, 0.05) is 12.1 Å². The fourth-order valence-electron chi connectivity index (χ4n) is 0.992. The maximum Gasteiger partial charge on any atom is 0.504 e. The predicted molar refractivity (Wildman–Crippen MR) is 52.7 cm³/mol. The van der Waals surface area contributed by atoms with Gasteiger partial charge in [0.1, 0.15) is 11.5 Å². The average molecular weight is 260 g/mol. The first-order chi connectivity index (χ1) is 7.94.